The Labute approximate surface area is 341 Å². The van der Waals surface area contributed by atoms with Gasteiger partial charge in [0.25, 0.3) is 0 Å². The molecule has 0 fully saturated rings. The molecule has 0 saturated carbocycles. The minimum Gasteiger partial charge on any atom is -0.462 e. The molecule has 55 heavy (non-hydrogen) atoms. The van der Waals surface area contributed by atoms with Crippen LogP contribution in [-0.4, -0.2) is 37.2 Å². The third-order valence-corrected chi connectivity index (χ3v) is 10.8. The van der Waals surface area contributed by atoms with Crippen molar-refractivity contribution in [1.82, 2.24) is 0 Å². The molecular formula is C49H92O6. The third kappa shape index (κ3) is 43.1. The molecule has 0 aromatic rings. The van der Waals surface area contributed by atoms with Gasteiger partial charge in [-0.05, 0) is 44.9 Å². The second kappa shape index (κ2) is 44.9. The Morgan fingerprint density at radius 3 is 0.909 bits per heavy atom. The highest BCUT2D eigenvalue weighted by Crippen LogP contribution is 2.16. The second-order valence-corrected chi connectivity index (χ2v) is 16.4. The summed E-state index contributed by atoms with van der Waals surface area (Å²) in [6, 6.07) is 0. The summed E-state index contributed by atoms with van der Waals surface area (Å²) in [5, 5.41) is 0. The average Bonchev–Trinajstić information content (AvgIpc) is 3.18. The Hall–Kier alpha value is -1.85. The van der Waals surface area contributed by atoms with Crippen LogP contribution in [0.5, 0.6) is 0 Å². The van der Waals surface area contributed by atoms with Crippen molar-refractivity contribution in [2.75, 3.05) is 13.2 Å². The first-order chi connectivity index (χ1) is 27.0. The predicted molar refractivity (Wildman–Crippen MR) is 233 cm³/mol. The number of esters is 3. The third-order valence-electron chi connectivity index (χ3n) is 10.8. The van der Waals surface area contributed by atoms with E-state index in [1.54, 1.807) is 0 Å². The van der Waals surface area contributed by atoms with Gasteiger partial charge in [-0.15, -0.1) is 0 Å². The lowest BCUT2D eigenvalue weighted by Crippen LogP contribution is -2.30. The zero-order chi connectivity index (χ0) is 40.1. The number of unbranched alkanes of at least 4 members (excludes halogenated alkanes) is 31. The smallest absolute Gasteiger partial charge is 0.306 e. The molecule has 0 N–H and O–H groups in total. The number of carbonyl (C=O) groups is 3. The van der Waals surface area contributed by atoms with Crippen LogP contribution in [0.15, 0.2) is 12.2 Å². The van der Waals surface area contributed by atoms with E-state index in [0.717, 1.165) is 70.6 Å². The summed E-state index contributed by atoms with van der Waals surface area (Å²) in [5.41, 5.74) is 0. The van der Waals surface area contributed by atoms with Gasteiger partial charge in [0.2, 0.25) is 0 Å². The maximum atomic E-state index is 12.7. The van der Waals surface area contributed by atoms with Crippen molar-refractivity contribution in [3.05, 3.63) is 12.2 Å². The minimum atomic E-state index is -0.765. The summed E-state index contributed by atoms with van der Waals surface area (Å²) in [7, 11) is 0. The van der Waals surface area contributed by atoms with Crippen LogP contribution in [0.1, 0.15) is 265 Å². The van der Waals surface area contributed by atoms with E-state index < -0.39 is 6.10 Å². The fourth-order valence-corrected chi connectivity index (χ4v) is 7.08. The molecule has 0 saturated heterocycles. The quantitative estimate of drug-likeness (QED) is 0.0265. The maximum absolute atomic E-state index is 12.7. The van der Waals surface area contributed by atoms with E-state index in [4.69, 9.17) is 14.2 Å². The van der Waals surface area contributed by atoms with Gasteiger partial charge in [-0.3, -0.25) is 14.4 Å². The minimum absolute atomic E-state index is 0.0698. The van der Waals surface area contributed by atoms with Crippen LogP contribution in [0.25, 0.3) is 0 Å². The molecular weight excluding hydrogens is 685 g/mol. The Morgan fingerprint density at radius 2 is 0.600 bits per heavy atom. The molecule has 1 unspecified atom stereocenters. The molecule has 0 aromatic carbocycles. The zero-order valence-corrected chi connectivity index (χ0v) is 37.0. The summed E-state index contributed by atoms with van der Waals surface area (Å²) in [5.74, 6) is -0.881. The molecule has 0 aromatic heterocycles. The first-order valence-corrected chi connectivity index (χ1v) is 24.2. The van der Waals surface area contributed by atoms with Gasteiger partial charge < -0.3 is 14.2 Å². The SMILES string of the molecule is CCCCCCC/C=C\CCCCCCCC(=O)OC(COC(=O)CCCCCCC)COC(=O)CCCCCCCCCCCCCCCCCCCC. The molecule has 0 aliphatic carbocycles. The van der Waals surface area contributed by atoms with Crippen molar-refractivity contribution in [2.24, 2.45) is 0 Å². The lowest BCUT2D eigenvalue weighted by Gasteiger charge is -2.18. The van der Waals surface area contributed by atoms with Crippen LogP contribution in [0.2, 0.25) is 0 Å². The van der Waals surface area contributed by atoms with Gasteiger partial charge in [0.1, 0.15) is 13.2 Å². The van der Waals surface area contributed by atoms with Gasteiger partial charge in [0.15, 0.2) is 6.10 Å². The number of allylic oxidation sites excluding steroid dienone is 2. The van der Waals surface area contributed by atoms with Crippen molar-refractivity contribution in [2.45, 2.75) is 271 Å². The van der Waals surface area contributed by atoms with Gasteiger partial charge in [-0.1, -0.05) is 213 Å². The van der Waals surface area contributed by atoms with E-state index in [9.17, 15) is 14.4 Å². The van der Waals surface area contributed by atoms with Gasteiger partial charge in [0, 0.05) is 19.3 Å². The van der Waals surface area contributed by atoms with Gasteiger partial charge >= 0.3 is 17.9 Å². The second-order valence-electron chi connectivity index (χ2n) is 16.4. The van der Waals surface area contributed by atoms with Gasteiger partial charge in [0.05, 0.1) is 0 Å². The summed E-state index contributed by atoms with van der Waals surface area (Å²) in [4.78, 5) is 37.5. The lowest BCUT2D eigenvalue weighted by atomic mass is 10.0. The first kappa shape index (κ1) is 53.1. The number of hydrogen-bond acceptors (Lipinski definition) is 6. The van der Waals surface area contributed by atoms with E-state index in [0.29, 0.717) is 19.3 Å². The zero-order valence-electron chi connectivity index (χ0n) is 37.0. The Morgan fingerprint density at radius 1 is 0.345 bits per heavy atom. The summed E-state index contributed by atoms with van der Waals surface area (Å²) in [6.45, 7) is 6.56. The summed E-state index contributed by atoms with van der Waals surface area (Å²) < 4.78 is 16.6. The van der Waals surface area contributed by atoms with Crippen LogP contribution >= 0.6 is 0 Å². The molecule has 0 spiro atoms. The van der Waals surface area contributed by atoms with Crippen LogP contribution in [0.3, 0.4) is 0 Å². The fourth-order valence-electron chi connectivity index (χ4n) is 7.08. The topological polar surface area (TPSA) is 78.9 Å². The van der Waals surface area contributed by atoms with Crippen molar-refractivity contribution in [3.8, 4) is 0 Å². The van der Waals surface area contributed by atoms with E-state index in [2.05, 4.69) is 32.9 Å². The molecule has 0 aliphatic rings. The van der Waals surface area contributed by atoms with Gasteiger partial charge in [-0.25, -0.2) is 0 Å². The van der Waals surface area contributed by atoms with Crippen LogP contribution in [-0.2, 0) is 28.6 Å². The van der Waals surface area contributed by atoms with Crippen LogP contribution in [0.4, 0.5) is 0 Å². The highest BCUT2D eigenvalue weighted by Gasteiger charge is 2.19. The molecule has 0 rings (SSSR count). The molecule has 0 bridgehead atoms. The number of hydrogen-bond donors (Lipinski definition) is 0. The van der Waals surface area contributed by atoms with E-state index in [1.165, 1.54) is 154 Å². The van der Waals surface area contributed by atoms with E-state index in [-0.39, 0.29) is 31.1 Å². The van der Waals surface area contributed by atoms with Crippen molar-refractivity contribution in [1.29, 1.82) is 0 Å². The molecule has 0 heterocycles. The highest BCUT2D eigenvalue weighted by atomic mass is 16.6. The highest BCUT2D eigenvalue weighted by molar-refractivity contribution is 5.71. The largest absolute Gasteiger partial charge is 0.462 e. The number of ether oxygens (including phenoxy) is 3. The standard InChI is InChI=1S/C49H92O6/c1-4-7-10-13-15-17-19-21-23-24-25-26-28-29-31-33-36-39-42-48(51)54-45-46(44-53-47(50)41-38-35-12-9-6-3)55-49(52)43-40-37-34-32-30-27-22-20-18-16-14-11-8-5-2/h20,22,46H,4-19,21,23-45H2,1-3H3/b22-20-. The summed E-state index contributed by atoms with van der Waals surface area (Å²) >= 11 is 0. The molecule has 0 aliphatic heterocycles. The van der Waals surface area contributed by atoms with Crippen LogP contribution in [0, 0.1) is 0 Å². The maximum Gasteiger partial charge on any atom is 0.306 e. The Balaban J connectivity index is 4.14. The fraction of sp³-hybridized carbons (Fsp3) is 0.898. The lowest BCUT2D eigenvalue weighted by molar-refractivity contribution is -0.167. The molecule has 0 radical (unpaired) electrons. The van der Waals surface area contributed by atoms with Crippen molar-refractivity contribution >= 4 is 17.9 Å². The van der Waals surface area contributed by atoms with E-state index >= 15 is 0 Å². The molecule has 1 atom stereocenters. The normalized spacial score (nSPS) is 12.0. The molecule has 6 nitrogen and oxygen atoms in total. The van der Waals surface area contributed by atoms with Crippen LogP contribution < -0.4 is 0 Å². The molecule has 0 amide bonds. The van der Waals surface area contributed by atoms with Crippen molar-refractivity contribution < 1.29 is 28.6 Å². The summed E-state index contributed by atoms with van der Waals surface area (Å²) in [6.07, 6.45) is 48.0. The predicted octanol–water partition coefficient (Wildman–Crippen LogP) is 15.4. The number of carbonyl (C=O) groups excluding carboxylic acids is 3. The number of rotatable bonds is 44. The average molecular weight is 777 g/mol. The Kier molecular flexibility index (Phi) is 43.4. The van der Waals surface area contributed by atoms with E-state index in [1.807, 2.05) is 0 Å². The molecule has 6 heteroatoms. The molecule has 324 valence electrons. The van der Waals surface area contributed by atoms with Gasteiger partial charge in [-0.2, -0.15) is 0 Å². The Bertz CT molecular complexity index is 854. The van der Waals surface area contributed by atoms with Crippen molar-refractivity contribution in [3.63, 3.8) is 0 Å². The first-order valence-electron chi connectivity index (χ1n) is 24.2. The monoisotopic (exact) mass is 777 g/mol.